The summed E-state index contributed by atoms with van der Waals surface area (Å²) in [6, 6.07) is 1.96. The molecule has 2 saturated heterocycles. The molecule has 1 atom stereocenters. The molecule has 1 unspecified atom stereocenters. The van der Waals surface area contributed by atoms with Crippen molar-refractivity contribution in [3.8, 4) is 5.75 Å². The number of hydrogen-bond donors (Lipinski definition) is 0. The minimum atomic E-state index is -0.486. The van der Waals surface area contributed by atoms with Crippen LogP contribution in [0.4, 0.5) is 4.79 Å². The molecule has 31 heavy (non-hydrogen) atoms. The van der Waals surface area contributed by atoms with Crippen LogP contribution in [-0.4, -0.2) is 57.7 Å². The van der Waals surface area contributed by atoms with Gasteiger partial charge in [-0.2, -0.15) is 5.10 Å². The fraction of sp³-hybridized carbons (Fsp3) is 0.696. The summed E-state index contributed by atoms with van der Waals surface area (Å²) in [7, 11) is 0. The number of carbonyl (C=O) groups excluding carboxylic acids is 1. The maximum Gasteiger partial charge on any atom is 0.410 e. The molecule has 2 aromatic heterocycles. The third-order valence-corrected chi connectivity index (χ3v) is 6.07. The third-order valence-electron chi connectivity index (χ3n) is 6.07. The van der Waals surface area contributed by atoms with Crippen LogP contribution in [-0.2, 0) is 9.47 Å². The molecule has 2 aromatic rings. The minimum absolute atomic E-state index is 0.0654. The Balaban J connectivity index is 1.46. The molecule has 8 nitrogen and oxygen atoms in total. The zero-order valence-corrected chi connectivity index (χ0v) is 19.3. The summed E-state index contributed by atoms with van der Waals surface area (Å²) in [5, 5.41) is 5.47. The van der Waals surface area contributed by atoms with Crippen molar-refractivity contribution in [3.63, 3.8) is 0 Å². The first-order chi connectivity index (χ1) is 14.7. The van der Waals surface area contributed by atoms with Crippen LogP contribution in [0.1, 0.15) is 65.3 Å². The molecule has 0 aliphatic carbocycles. The van der Waals surface area contributed by atoms with E-state index in [9.17, 15) is 4.79 Å². The van der Waals surface area contributed by atoms with Gasteiger partial charge in [-0.25, -0.2) is 14.5 Å². The zero-order chi connectivity index (χ0) is 22.2. The molecule has 0 N–H and O–H groups in total. The highest BCUT2D eigenvalue weighted by Gasteiger charge is 2.46. The molecule has 0 saturated carbocycles. The Morgan fingerprint density at radius 2 is 2.10 bits per heavy atom. The molecule has 4 rings (SSSR count). The molecule has 0 radical (unpaired) electrons. The van der Waals surface area contributed by atoms with E-state index in [-0.39, 0.29) is 17.7 Å². The summed E-state index contributed by atoms with van der Waals surface area (Å²) >= 11 is 0. The van der Waals surface area contributed by atoms with E-state index in [1.165, 1.54) is 0 Å². The number of amides is 1. The lowest BCUT2D eigenvalue weighted by Crippen LogP contribution is -2.61. The molecule has 1 amide bonds. The van der Waals surface area contributed by atoms with E-state index in [1.54, 1.807) is 4.90 Å². The van der Waals surface area contributed by atoms with E-state index in [2.05, 4.69) is 12.0 Å². The first-order valence-corrected chi connectivity index (χ1v) is 11.3. The van der Waals surface area contributed by atoms with Crippen molar-refractivity contribution in [2.24, 2.45) is 5.41 Å². The Hall–Kier alpha value is -2.35. The van der Waals surface area contributed by atoms with Crippen molar-refractivity contribution < 1.29 is 19.0 Å². The van der Waals surface area contributed by atoms with E-state index in [0.29, 0.717) is 19.7 Å². The van der Waals surface area contributed by atoms with Gasteiger partial charge in [0, 0.05) is 36.9 Å². The number of likely N-dealkylation sites (tertiary alicyclic amines) is 1. The first-order valence-electron chi connectivity index (χ1n) is 11.3. The Bertz CT molecular complexity index is 937. The van der Waals surface area contributed by atoms with Crippen molar-refractivity contribution in [3.05, 3.63) is 18.0 Å². The van der Waals surface area contributed by atoms with Crippen molar-refractivity contribution in [1.82, 2.24) is 19.7 Å². The number of hydrogen-bond acceptors (Lipinski definition) is 6. The summed E-state index contributed by atoms with van der Waals surface area (Å²) in [6.07, 6.45) is 5.60. The first kappa shape index (κ1) is 21.9. The summed E-state index contributed by atoms with van der Waals surface area (Å²) in [4.78, 5) is 18.8. The van der Waals surface area contributed by atoms with Crippen LogP contribution in [0.25, 0.3) is 11.0 Å². The van der Waals surface area contributed by atoms with Crippen molar-refractivity contribution in [2.75, 3.05) is 26.3 Å². The number of nitrogens with zero attached hydrogens (tertiary/aromatic N) is 4. The van der Waals surface area contributed by atoms with Crippen LogP contribution in [0.2, 0.25) is 0 Å². The Morgan fingerprint density at radius 1 is 1.32 bits per heavy atom. The number of carbonyl (C=O) groups is 1. The molecule has 2 aliphatic rings. The minimum Gasteiger partial charge on any atom is -0.492 e. The van der Waals surface area contributed by atoms with Crippen LogP contribution < -0.4 is 4.74 Å². The fourth-order valence-corrected chi connectivity index (χ4v) is 4.22. The molecule has 2 fully saturated rings. The van der Waals surface area contributed by atoms with Crippen molar-refractivity contribution >= 4 is 17.1 Å². The van der Waals surface area contributed by atoms with Crippen LogP contribution in [0, 0.1) is 12.3 Å². The Labute approximate surface area is 183 Å². The largest absolute Gasteiger partial charge is 0.492 e. The lowest BCUT2D eigenvalue weighted by Gasteiger charge is -2.49. The lowest BCUT2D eigenvalue weighted by molar-refractivity contribution is -0.0526. The summed E-state index contributed by atoms with van der Waals surface area (Å²) in [6.45, 7) is 12.3. The van der Waals surface area contributed by atoms with Crippen LogP contribution in [0.5, 0.6) is 5.75 Å². The van der Waals surface area contributed by atoms with Gasteiger partial charge in [-0.15, -0.1) is 0 Å². The average molecular weight is 431 g/mol. The number of pyridine rings is 1. The van der Waals surface area contributed by atoms with Gasteiger partial charge >= 0.3 is 6.09 Å². The van der Waals surface area contributed by atoms with E-state index in [1.807, 2.05) is 44.6 Å². The van der Waals surface area contributed by atoms with E-state index in [0.717, 1.165) is 54.8 Å². The van der Waals surface area contributed by atoms with Gasteiger partial charge in [-0.1, -0.05) is 6.92 Å². The predicted molar refractivity (Wildman–Crippen MR) is 117 cm³/mol. The number of rotatable bonds is 5. The normalized spacial score (nSPS) is 21.1. The van der Waals surface area contributed by atoms with Gasteiger partial charge in [0.25, 0.3) is 0 Å². The second-order valence-corrected chi connectivity index (χ2v) is 9.89. The predicted octanol–water partition coefficient (Wildman–Crippen LogP) is 4.46. The topological polar surface area (TPSA) is 78.7 Å². The second kappa shape index (κ2) is 8.30. The summed E-state index contributed by atoms with van der Waals surface area (Å²) in [5.74, 6) is 0.785. The lowest BCUT2D eigenvalue weighted by atomic mass is 9.78. The quantitative estimate of drug-likeness (QED) is 0.697. The van der Waals surface area contributed by atoms with E-state index >= 15 is 0 Å². The van der Waals surface area contributed by atoms with Gasteiger partial charge in [0.15, 0.2) is 11.9 Å². The third kappa shape index (κ3) is 4.63. The number of fused-ring (bicyclic) bond motifs is 1. The monoisotopic (exact) mass is 430 g/mol. The Kier molecular flexibility index (Phi) is 5.85. The van der Waals surface area contributed by atoms with Crippen molar-refractivity contribution in [1.29, 1.82) is 0 Å². The molecular weight excluding hydrogens is 396 g/mol. The van der Waals surface area contributed by atoms with Gasteiger partial charge in [0.1, 0.15) is 11.4 Å². The Morgan fingerprint density at radius 3 is 2.74 bits per heavy atom. The highest BCUT2D eigenvalue weighted by atomic mass is 16.6. The average Bonchev–Trinajstić information content (AvgIpc) is 3.10. The van der Waals surface area contributed by atoms with Crippen LogP contribution >= 0.6 is 0 Å². The molecule has 0 aromatic carbocycles. The molecule has 0 bridgehead atoms. The van der Waals surface area contributed by atoms with Crippen LogP contribution in [0.15, 0.2) is 12.3 Å². The molecule has 170 valence electrons. The number of ether oxygens (including phenoxy) is 3. The van der Waals surface area contributed by atoms with E-state index in [4.69, 9.17) is 19.2 Å². The maximum absolute atomic E-state index is 12.3. The smallest absolute Gasteiger partial charge is 0.410 e. The van der Waals surface area contributed by atoms with Gasteiger partial charge in [-0.3, -0.25) is 0 Å². The fourth-order valence-electron chi connectivity index (χ4n) is 4.22. The summed E-state index contributed by atoms with van der Waals surface area (Å²) < 4.78 is 19.6. The SMILES string of the molecule is CCC1(COc2cc(C)nc3c2cnn3C2CCCCO2)CN(C(=O)OC(C)(C)C)C1. The summed E-state index contributed by atoms with van der Waals surface area (Å²) in [5.41, 5.74) is 1.13. The van der Waals surface area contributed by atoms with Crippen molar-refractivity contribution in [2.45, 2.75) is 72.1 Å². The molecular formula is C23H34N4O4. The van der Waals surface area contributed by atoms with Gasteiger partial charge < -0.3 is 19.1 Å². The van der Waals surface area contributed by atoms with Gasteiger partial charge in [0.05, 0.1) is 18.2 Å². The molecule has 2 aliphatic heterocycles. The molecule has 8 heteroatoms. The molecule has 0 spiro atoms. The van der Waals surface area contributed by atoms with E-state index < -0.39 is 5.60 Å². The molecule has 4 heterocycles. The second-order valence-electron chi connectivity index (χ2n) is 9.89. The highest BCUT2D eigenvalue weighted by Crippen LogP contribution is 2.37. The van der Waals surface area contributed by atoms with Gasteiger partial charge in [0.2, 0.25) is 0 Å². The number of aryl methyl sites for hydroxylation is 1. The zero-order valence-electron chi connectivity index (χ0n) is 19.3. The maximum atomic E-state index is 12.3. The van der Waals surface area contributed by atoms with Crippen LogP contribution in [0.3, 0.4) is 0 Å². The number of aromatic nitrogens is 3. The van der Waals surface area contributed by atoms with Gasteiger partial charge in [-0.05, 0) is 53.4 Å². The highest BCUT2D eigenvalue weighted by molar-refractivity contribution is 5.82. The standard InChI is InChI=1S/C23H34N4O4/c1-6-23(13-26(14-23)21(28)31-22(3,4)5)15-30-18-11-16(2)25-20-17(18)12-24-27(20)19-9-7-8-10-29-19/h11-12,19H,6-10,13-15H2,1-5H3.